The zero-order valence-electron chi connectivity index (χ0n) is 17.2. The van der Waals surface area contributed by atoms with Crippen molar-refractivity contribution < 1.29 is 23.0 Å². The lowest BCUT2D eigenvalue weighted by atomic mass is 10.1. The molecule has 0 fully saturated rings. The van der Waals surface area contributed by atoms with Crippen LogP contribution in [-0.4, -0.2) is 18.1 Å². The standard InChI is InChI=1S/C25H19F2NO3S/c1-30-25(29)22-23(31-14-16-9-11-18(26)12-10-16)20-7-2-3-8-21(20)28-24(22)32-15-17-5-4-6-19(27)13-17/h2-13H,14-15H2,1H3. The third kappa shape index (κ3) is 4.89. The molecule has 0 unspecified atom stereocenters. The van der Waals surface area contributed by atoms with Crippen molar-refractivity contribution in [3.63, 3.8) is 0 Å². The maximum atomic E-state index is 13.6. The molecule has 0 aliphatic rings. The van der Waals surface area contributed by atoms with Crippen LogP contribution in [0.4, 0.5) is 8.78 Å². The van der Waals surface area contributed by atoms with E-state index in [2.05, 4.69) is 4.98 Å². The highest BCUT2D eigenvalue weighted by atomic mass is 32.2. The van der Waals surface area contributed by atoms with E-state index < -0.39 is 5.97 Å². The number of carbonyl (C=O) groups excluding carboxylic acids is 1. The van der Waals surface area contributed by atoms with Crippen LogP contribution in [0, 0.1) is 11.6 Å². The molecular formula is C25H19F2NO3S. The molecule has 7 heteroatoms. The molecule has 1 aromatic heterocycles. The number of para-hydroxylation sites is 1. The molecule has 0 aliphatic heterocycles. The number of pyridine rings is 1. The Labute approximate surface area is 188 Å². The van der Waals surface area contributed by atoms with Crippen molar-refractivity contribution in [2.45, 2.75) is 17.4 Å². The molecular weight excluding hydrogens is 432 g/mol. The van der Waals surface area contributed by atoms with E-state index in [1.807, 2.05) is 24.3 Å². The summed E-state index contributed by atoms with van der Waals surface area (Å²) in [4.78, 5) is 17.4. The van der Waals surface area contributed by atoms with E-state index in [1.54, 1.807) is 24.3 Å². The number of methoxy groups -OCH3 is 1. The summed E-state index contributed by atoms with van der Waals surface area (Å²) in [5, 5.41) is 1.08. The molecule has 0 bridgehead atoms. The lowest BCUT2D eigenvalue weighted by Crippen LogP contribution is -2.10. The fraction of sp³-hybridized carbons (Fsp3) is 0.120. The van der Waals surface area contributed by atoms with Crippen molar-refractivity contribution in [3.05, 3.63) is 101 Å². The minimum absolute atomic E-state index is 0.131. The molecule has 0 spiro atoms. The molecule has 4 rings (SSSR count). The second kappa shape index (κ2) is 9.78. The van der Waals surface area contributed by atoms with Gasteiger partial charge >= 0.3 is 5.97 Å². The lowest BCUT2D eigenvalue weighted by Gasteiger charge is -2.16. The number of ether oxygens (including phenoxy) is 2. The fourth-order valence-electron chi connectivity index (χ4n) is 3.21. The average Bonchev–Trinajstić information content (AvgIpc) is 2.81. The first kappa shape index (κ1) is 21.8. The zero-order valence-corrected chi connectivity index (χ0v) is 18.0. The molecule has 3 aromatic carbocycles. The molecule has 4 nitrogen and oxygen atoms in total. The minimum Gasteiger partial charge on any atom is -0.487 e. The average molecular weight is 451 g/mol. The van der Waals surface area contributed by atoms with E-state index in [0.29, 0.717) is 27.4 Å². The summed E-state index contributed by atoms with van der Waals surface area (Å²) in [5.41, 5.74) is 2.36. The van der Waals surface area contributed by atoms with E-state index in [0.717, 1.165) is 11.1 Å². The Morgan fingerprint density at radius 2 is 1.72 bits per heavy atom. The molecule has 0 aliphatic carbocycles. The number of fused-ring (bicyclic) bond motifs is 1. The number of hydrogen-bond acceptors (Lipinski definition) is 5. The van der Waals surface area contributed by atoms with Crippen LogP contribution in [0.2, 0.25) is 0 Å². The number of hydrogen-bond donors (Lipinski definition) is 0. The van der Waals surface area contributed by atoms with E-state index in [-0.39, 0.29) is 23.8 Å². The van der Waals surface area contributed by atoms with Gasteiger partial charge in [0.1, 0.15) is 34.6 Å². The third-order valence-corrected chi connectivity index (χ3v) is 5.81. The summed E-state index contributed by atoms with van der Waals surface area (Å²) in [6, 6.07) is 19.5. The van der Waals surface area contributed by atoms with Gasteiger partial charge in [-0.2, -0.15) is 0 Å². The van der Waals surface area contributed by atoms with Gasteiger partial charge in [-0.1, -0.05) is 36.4 Å². The first-order valence-electron chi connectivity index (χ1n) is 9.80. The number of aromatic nitrogens is 1. The number of esters is 1. The Balaban J connectivity index is 1.74. The van der Waals surface area contributed by atoms with Crippen LogP contribution in [0.3, 0.4) is 0 Å². The van der Waals surface area contributed by atoms with Crippen molar-refractivity contribution in [1.29, 1.82) is 0 Å². The van der Waals surface area contributed by atoms with Gasteiger partial charge in [0.2, 0.25) is 0 Å². The summed E-state index contributed by atoms with van der Waals surface area (Å²) in [6.07, 6.45) is 0. The van der Waals surface area contributed by atoms with Gasteiger partial charge in [-0.3, -0.25) is 0 Å². The van der Waals surface area contributed by atoms with Crippen LogP contribution in [0.1, 0.15) is 21.5 Å². The van der Waals surface area contributed by atoms with Crippen LogP contribution in [0.15, 0.2) is 77.8 Å². The van der Waals surface area contributed by atoms with Crippen LogP contribution in [0.5, 0.6) is 5.75 Å². The first-order valence-corrected chi connectivity index (χ1v) is 10.8. The number of benzene rings is 3. The topological polar surface area (TPSA) is 48.4 Å². The molecule has 32 heavy (non-hydrogen) atoms. The smallest absolute Gasteiger partial charge is 0.344 e. The first-order chi connectivity index (χ1) is 15.5. The molecule has 0 amide bonds. The summed E-state index contributed by atoms with van der Waals surface area (Å²) in [5.74, 6) is -0.502. The molecule has 162 valence electrons. The zero-order chi connectivity index (χ0) is 22.5. The summed E-state index contributed by atoms with van der Waals surface area (Å²) < 4.78 is 37.9. The van der Waals surface area contributed by atoms with E-state index >= 15 is 0 Å². The maximum Gasteiger partial charge on any atom is 0.344 e. The van der Waals surface area contributed by atoms with Crippen molar-refractivity contribution in [2.75, 3.05) is 7.11 Å². The number of carbonyl (C=O) groups is 1. The molecule has 0 saturated carbocycles. The van der Waals surface area contributed by atoms with Gasteiger partial charge in [0.15, 0.2) is 0 Å². The second-order valence-corrected chi connectivity index (χ2v) is 7.93. The van der Waals surface area contributed by atoms with E-state index in [1.165, 1.54) is 43.1 Å². The van der Waals surface area contributed by atoms with Crippen molar-refractivity contribution >= 4 is 28.6 Å². The van der Waals surface area contributed by atoms with Crippen molar-refractivity contribution in [1.82, 2.24) is 4.98 Å². The van der Waals surface area contributed by atoms with Crippen LogP contribution >= 0.6 is 11.8 Å². The van der Waals surface area contributed by atoms with Gasteiger partial charge in [-0.25, -0.2) is 18.6 Å². The Morgan fingerprint density at radius 1 is 0.938 bits per heavy atom. The van der Waals surface area contributed by atoms with Gasteiger partial charge in [0, 0.05) is 11.1 Å². The highest BCUT2D eigenvalue weighted by molar-refractivity contribution is 7.98. The predicted molar refractivity (Wildman–Crippen MR) is 120 cm³/mol. The SMILES string of the molecule is COC(=O)c1c(SCc2cccc(F)c2)nc2ccccc2c1OCc1ccc(F)cc1. The van der Waals surface area contributed by atoms with E-state index in [4.69, 9.17) is 9.47 Å². The number of rotatable bonds is 7. The molecule has 0 N–H and O–H groups in total. The van der Waals surface area contributed by atoms with Gasteiger partial charge in [-0.15, -0.1) is 11.8 Å². The normalized spacial score (nSPS) is 10.8. The quantitative estimate of drug-likeness (QED) is 0.248. The summed E-state index contributed by atoms with van der Waals surface area (Å²) in [7, 11) is 1.29. The van der Waals surface area contributed by atoms with Gasteiger partial charge in [0.05, 0.1) is 12.6 Å². The van der Waals surface area contributed by atoms with Crippen LogP contribution in [0.25, 0.3) is 10.9 Å². The summed E-state index contributed by atoms with van der Waals surface area (Å²) in [6.45, 7) is 0.131. The molecule has 4 aromatic rings. The van der Waals surface area contributed by atoms with E-state index in [9.17, 15) is 13.6 Å². The Kier molecular flexibility index (Phi) is 6.66. The van der Waals surface area contributed by atoms with Crippen LogP contribution < -0.4 is 4.74 Å². The Hall–Kier alpha value is -3.45. The highest BCUT2D eigenvalue weighted by Gasteiger charge is 2.24. The monoisotopic (exact) mass is 451 g/mol. The van der Waals surface area contributed by atoms with Gasteiger partial charge < -0.3 is 9.47 Å². The number of thioether (sulfide) groups is 1. The van der Waals surface area contributed by atoms with Gasteiger partial charge in [0.25, 0.3) is 0 Å². The Morgan fingerprint density at radius 3 is 2.47 bits per heavy atom. The highest BCUT2D eigenvalue weighted by Crippen LogP contribution is 2.37. The van der Waals surface area contributed by atoms with Crippen molar-refractivity contribution in [2.24, 2.45) is 0 Å². The summed E-state index contributed by atoms with van der Waals surface area (Å²) >= 11 is 1.30. The largest absolute Gasteiger partial charge is 0.487 e. The molecule has 0 atom stereocenters. The fourth-order valence-corrected chi connectivity index (χ4v) is 4.18. The minimum atomic E-state index is -0.584. The van der Waals surface area contributed by atoms with Gasteiger partial charge in [-0.05, 0) is 47.5 Å². The maximum absolute atomic E-state index is 13.6. The number of nitrogens with zero attached hydrogens (tertiary/aromatic N) is 1. The van der Waals surface area contributed by atoms with Crippen LogP contribution in [-0.2, 0) is 17.1 Å². The molecule has 0 radical (unpaired) electrons. The Bertz CT molecular complexity index is 1260. The molecule has 1 heterocycles. The predicted octanol–water partition coefficient (Wildman–Crippen LogP) is 6.17. The second-order valence-electron chi connectivity index (χ2n) is 6.96. The molecule has 0 saturated heterocycles. The third-order valence-electron chi connectivity index (χ3n) is 4.76. The lowest BCUT2D eigenvalue weighted by molar-refractivity contribution is 0.0590. The van der Waals surface area contributed by atoms with Crippen molar-refractivity contribution in [3.8, 4) is 5.75 Å². The number of halogens is 2.